The maximum absolute atomic E-state index is 12.1. The van der Waals surface area contributed by atoms with E-state index in [1.54, 1.807) is 13.8 Å². The highest BCUT2D eigenvalue weighted by Crippen LogP contribution is 2.26. The van der Waals surface area contributed by atoms with Crippen molar-refractivity contribution in [1.29, 1.82) is 0 Å². The van der Waals surface area contributed by atoms with Crippen LogP contribution >= 0.6 is 0 Å². The van der Waals surface area contributed by atoms with Crippen LogP contribution in [-0.4, -0.2) is 30.7 Å². The Hall–Kier alpha value is -1.67. The Bertz CT molecular complexity index is 568. The Labute approximate surface area is 105 Å². The van der Waals surface area contributed by atoms with E-state index in [-0.39, 0.29) is 22.3 Å². The third-order valence-corrected chi connectivity index (χ3v) is 4.63. The van der Waals surface area contributed by atoms with Crippen molar-refractivity contribution in [1.82, 2.24) is 4.31 Å². The van der Waals surface area contributed by atoms with E-state index >= 15 is 0 Å². The molecule has 1 aromatic rings. The summed E-state index contributed by atoms with van der Waals surface area (Å²) in [5.41, 5.74) is 5.00. The van der Waals surface area contributed by atoms with E-state index in [0.717, 1.165) is 12.1 Å². The van der Waals surface area contributed by atoms with Gasteiger partial charge in [0.25, 0.3) is 5.69 Å². The molecule has 2 N–H and O–H groups in total. The SMILES string of the molecule is CC(C)N(C)S(=O)(=O)c1ccc([N+](=O)[O-])c(N)c1. The number of rotatable bonds is 4. The van der Waals surface area contributed by atoms with Crippen LogP contribution in [0.5, 0.6) is 0 Å². The summed E-state index contributed by atoms with van der Waals surface area (Å²) in [6.45, 7) is 3.46. The summed E-state index contributed by atoms with van der Waals surface area (Å²) in [5, 5.41) is 10.6. The van der Waals surface area contributed by atoms with Crippen LogP contribution in [0.15, 0.2) is 23.1 Å². The van der Waals surface area contributed by atoms with Crippen LogP contribution in [0.1, 0.15) is 13.8 Å². The number of sulfonamides is 1. The highest BCUT2D eigenvalue weighted by molar-refractivity contribution is 7.89. The van der Waals surface area contributed by atoms with E-state index in [9.17, 15) is 18.5 Å². The second kappa shape index (κ2) is 4.91. The van der Waals surface area contributed by atoms with Gasteiger partial charge in [0, 0.05) is 19.2 Å². The Morgan fingerprint density at radius 1 is 1.39 bits per heavy atom. The van der Waals surface area contributed by atoms with Crippen molar-refractivity contribution in [3.63, 3.8) is 0 Å². The van der Waals surface area contributed by atoms with E-state index < -0.39 is 14.9 Å². The van der Waals surface area contributed by atoms with E-state index in [0.29, 0.717) is 0 Å². The number of hydrogen-bond acceptors (Lipinski definition) is 5. The fourth-order valence-electron chi connectivity index (χ4n) is 1.30. The molecule has 18 heavy (non-hydrogen) atoms. The summed E-state index contributed by atoms with van der Waals surface area (Å²) in [5.74, 6) is 0. The molecule has 0 heterocycles. The molecule has 100 valence electrons. The smallest absolute Gasteiger partial charge is 0.292 e. The van der Waals surface area contributed by atoms with Crippen LogP contribution in [0.3, 0.4) is 0 Å². The summed E-state index contributed by atoms with van der Waals surface area (Å²) in [6.07, 6.45) is 0. The average Bonchev–Trinajstić information content (AvgIpc) is 2.27. The maximum Gasteiger partial charge on any atom is 0.292 e. The number of nitrogen functional groups attached to an aromatic ring is 1. The van der Waals surface area contributed by atoms with E-state index in [4.69, 9.17) is 5.73 Å². The second-order valence-corrected chi connectivity index (χ2v) is 6.09. The topological polar surface area (TPSA) is 107 Å². The molecule has 0 saturated heterocycles. The lowest BCUT2D eigenvalue weighted by atomic mass is 10.3. The molecule has 0 radical (unpaired) electrons. The zero-order valence-corrected chi connectivity index (χ0v) is 11.1. The van der Waals surface area contributed by atoms with Gasteiger partial charge in [-0.25, -0.2) is 8.42 Å². The van der Waals surface area contributed by atoms with Crippen molar-refractivity contribution >= 4 is 21.4 Å². The number of anilines is 1. The molecule has 0 aromatic heterocycles. The molecule has 0 unspecified atom stereocenters. The first-order chi connectivity index (χ1) is 8.17. The molecule has 7 nitrogen and oxygen atoms in total. The predicted octanol–water partition coefficient (Wildman–Crippen LogP) is 1.21. The highest BCUT2D eigenvalue weighted by atomic mass is 32.2. The normalized spacial score (nSPS) is 12.1. The molecule has 1 rings (SSSR count). The molecule has 1 aromatic carbocycles. The van der Waals surface area contributed by atoms with Crippen LogP contribution in [0.25, 0.3) is 0 Å². The molecule has 0 bridgehead atoms. The third-order valence-electron chi connectivity index (χ3n) is 2.60. The number of nitrogens with two attached hydrogens (primary N) is 1. The zero-order chi connectivity index (χ0) is 14.1. The summed E-state index contributed by atoms with van der Waals surface area (Å²) >= 11 is 0. The number of benzene rings is 1. The minimum absolute atomic E-state index is 0.0539. The lowest BCUT2D eigenvalue weighted by molar-refractivity contribution is -0.383. The van der Waals surface area contributed by atoms with Crippen LogP contribution in [0, 0.1) is 10.1 Å². The summed E-state index contributed by atoms with van der Waals surface area (Å²) in [4.78, 5) is 9.88. The van der Waals surface area contributed by atoms with Gasteiger partial charge in [0.15, 0.2) is 0 Å². The molecule has 8 heteroatoms. The molecule has 0 aliphatic carbocycles. The fourth-order valence-corrected chi connectivity index (χ4v) is 2.71. The standard InChI is InChI=1S/C10H15N3O4S/c1-7(2)12(3)18(16,17)8-4-5-10(13(14)15)9(11)6-8/h4-7H,11H2,1-3H3. The number of nitrogens with zero attached hydrogens (tertiary/aromatic N) is 2. The lowest BCUT2D eigenvalue weighted by Gasteiger charge is -2.21. The largest absolute Gasteiger partial charge is 0.393 e. The molecule has 0 spiro atoms. The average molecular weight is 273 g/mol. The van der Waals surface area contributed by atoms with Crippen molar-refractivity contribution in [2.45, 2.75) is 24.8 Å². The first-order valence-electron chi connectivity index (χ1n) is 5.20. The van der Waals surface area contributed by atoms with Crippen LogP contribution in [0.4, 0.5) is 11.4 Å². The Kier molecular flexibility index (Phi) is 3.92. The van der Waals surface area contributed by atoms with Gasteiger partial charge in [0.2, 0.25) is 10.0 Å². The summed E-state index contributed by atoms with van der Waals surface area (Å²) in [7, 11) is -2.23. The number of nitro groups is 1. The van der Waals surface area contributed by atoms with Gasteiger partial charge in [-0.3, -0.25) is 10.1 Å². The van der Waals surface area contributed by atoms with Gasteiger partial charge in [0.1, 0.15) is 5.69 Å². The molecular formula is C10H15N3O4S. The van der Waals surface area contributed by atoms with Gasteiger partial charge in [-0.05, 0) is 26.0 Å². The zero-order valence-electron chi connectivity index (χ0n) is 10.3. The first-order valence-corrected chi connectivity index (χ1v) is 6.64. The Morgan fingerprint density at radius 2 is 1.94 bits per heavy atom. The number of nitro benzene ring substituents is 1. The molecule has 0 saturated carbocycles. The van der Waals surface area contributed by atoms with Crippen molar-refractivity contribution in [3.8, 4) is 0 Å². The third kappa shape index (κ3) is 2.59. The summed E-state index contributed by atoms with van der Waals surface area (Å²) < 4.78 is 25.4. The molecule has 0 fully saturated rings. The number of hydrogen-bond donors (Lipinski definition) is 1. The van der Waals surface area contributed by atoms with E-state index in [1.165, 1.54) is 17.4 Å². The van der Waals surface area contributed by atoms with Crippen LogP contribution < -0.4 is 5.73 Å². The Balaban J connectivity index is 3.28. The van der Waals surface area contributed by atoms with Crippen molar-refractivity contribution in [2.75, 3.05) is 12.8 Å². The molecule has 0 aliphatic rings. The van der Waals surface area contributed by atoms with E-state index in [1.807, 2.05) is 0 Å². The van der Waals surface area contributed by atoms with Gasteiger partial charge >= 0.3 is 0 Å². The molecular weight excluding hydrogens is 258 g/mol. The van der Waals surface area contributed by atoms with Gasteiger partial charge in [-0.1, -0.05) is 0 Å². The summed E-state index contributed by atoms with van der Waals surface area (Å²) in [6, 6.07) is 3.16. The quantitative estimate of drug-likeness (QED) is 0.504. The first kappa shape index (κ1) is 14.4. The van der Waals surface area contributed by atoms with Gasteiger partial charge in [0.05, 0.1) is 9.82 Å². The predicted molar refractivity (Wildman–Crippen MR) is 67.6 cm³/mol. The van der Waals surface area contributed by atoms with Crippen molar-refractivity contribution in [3.05, 3.63) is 28.3 Å². The highest BCUT2D eigenvalue weighted by Gasteiger charge is 2.25. The van der Waals surface area contributed by atoms with Crippen LogP contribution in [0.2, 0.25) is 0 Å². The maximum atomic E-state index is 12.1. The van der Waals surface area contributed by atoms with E-state index in [2.05, 4.69) is 0 Å². The second-order valence-electron chi connectivity index (χ2n) is 4.09. The minimum Gasteiger partial charge on any atom is -0.393 e. The fraction of sp³-hybridized carbons (Fsp3) is 0.400. The molecule has 0 atom stereocenters. The minimum atomic E-state index is -3.67. The molecule has 0 amide bonds. The monoisotopic (exact) mass is 273 g/mol. The van der Waals surface area contributed by atoms with Crippen molar-refractivity contribution < 1.29 is 13.3 Å². The Morgan fingerprint density at radius 3 is 2.33 bits per heavy atom. The van der Waals surface area contributed by atoms with Crippen molar-refractivity contribution in [2.24, 2.45) is 0 Å². The van der Waals surface area contributed by atoms with Gasteiger partial charge in [-0.2, -0.15) is 4.31 Å². The van der Waals surface area contributed by atoms with Gasteiger partial charge in [-0.15, -0.1) is 0 Å². The van der Waals surface area contributed by atoms with Crippen LogP contribution in [-0.2, 0) is 10.0 Å². The molecule has 0 aliphatic heterocycles. The van der Waals surface area contributed by atoms with Gasteiger partial charge < -0.3 is 5.73 Å². The lowest BCUT2D eigenvalue weighted by Crippen LogP contribution is -2.33.